The lowest BCUT2D eigenvalue weighted by molar-refractivity contribution is -0.135. The SMILES string of the molecule is C=CCNC(=S)OC(=O)CCCCCCC/C=C\CCCCCCCC. The predicted octanol–water partition coefficient (Wildman–Crippen LogP) is 6.63. The van der Waals surface area contributed by atoms with Crippen LogP contribution in [0.4, 0.5) is 0 Å². The number of allylic oxidation sites excluding steroid dienone is 2. The van der Waals surface area contributed by atoms with E-state index < -0.39 is 0 Å². The number of rotatable bonds is 17. The number of carbonyl (C=O) groups excluding carboxylic acids is 1. The first-order valence-corrected chi connectivity index (χ1v) is 10.9. The third-order valence-electron chi connectivity index (χ3n) is 4.24. The second kappa shape index (κ2) is 20.2. The molecule has 0 saturated carbocycles. The third-order valence-corrected chi connectivity index (χ3v) is 4.47. The number of hydrogen-bond acceptors (Lipinski definition) is 3. The van der Waals surface area contributed by atoms with Gasteiger partial charge in [-0.2, -0.15) is 0 Å². The summed E-state index contributed by atoms with van der Waals surface area (Å²) < 4.78 is 5.00. The number of hydrogen-bond donors (Lipinski definition) is 1. The molecule has 0 saturated heterocycles. The first-order chi connectivity index (χ1) is 12.7. The average Bonchev–Trinajstić information content (AvgIpc) is 2.63. The van der Waals surface area contributed by atoms with Crippen LogP contribution in [0.25, 0.3) is 0 Å². The number of nitrogens with one attached hydrogen (secondary N) is 1. The Morgan fingerprint density at radius 1 is 0.923 bits per heavy atom. The van der Waals surface area contributed by atoms with E-state index >= 15 is 0 Å². The first-order valence-electron chi connectivity index (χ1n) is 10.4. The molecule has 0 aliphatic carbocycles. The van der Waals surface area contributed by atoms with Gasteiger partial charge in [-0.15, -0.1) is 6.58 Å². The average molecular weight is 382 g/mol. The lowest BCUT2D eigenvalue weighted by Gasteiger charge is -2.06. The van der Waals surface area contributed by atoms with Crippen molar-refractivity contribution in [3.63, 3.8) is 0 Å². The van der Waals surface area contributed by atoms with Crippen LogP contribution in [0, 0.1) is 0 Å². The molecule has 4 heteroatoms. The summed E-state index contributed by atoms with van der Waals surface area (Å²) in [5.74, 6) is -0.246. The molecule has 0 spiro atoms. The molecule has 0 aromatic carbocycles. The molecular weight excluding hydrogens is 342 g/mol. The number of unbranched alkanes of at least 4 members (excludes halogenated alkanes) is 11. The fourth-order valence-corrected chi connectivity index (χ4v) is 2.86. The van der Waals surface area contributed by atoms with Crippen LogP contribution in [0.15, 0.2) is 24.8 Å². The minimum absolute atomic E-state index is 0.141. The van der Waals surface area contributed by atoms with E-state index in [0.717, 1.165) is 12.8 Å². The van der Waals surface area contributed by atoms with Crippen LogP contribution in [0.5, 0.6) is 0 Å². The van der Waals surface area contributed by atoms with Crippen molar-refractivity contribution >= 4 is 23.4 Å². The Balaban J connectivity index is 3.30. The molecule has 0 radical (unpaired) electrons. The summed E-state index contributed by atoms with van der Waals surface area (Å²) in [4.78, 5) is 11.6. The molecule has 26 heavy (non-hydrogen) atoms. The van der Waals surface area contributed by atoms with Gasteiger partial charge in [0.15, 0.2) is 0 Å². The topological polar surface area (TPSA) is 38.3 Å². The van der Waals surface area contributed by atoms with Crippen LogP contribution in [-0.2, 0) is 9.53 Å². The van der Waals surface area contributed by atoms with E-state index in [0.29, 0.717) is 13.0 Å². The van der Waals surface area contributed by atoms with Crippen molar-refractivity contribution in [2.75, 3.05) is 6.54 Å². The van der Waals surface area contributed by atoms with Gasteiger partial charge in [-0.25, -0.2) is 0 Å². The van der Waals surface area contributed by atoms with E-state index in [1.165, 1.54) is 70.6 Å². The zero-order valence-electron chi connectivity index (χ0n) is 16.8. The van der Waals surface area contributed by atoms with E-state index in [1.54, 1.807) is 6.08 Å². The van der Waals surface area contributed by atoms with Gasteiger partial charge in [0.25, 0.3) is 5.17 Å². The standard InChI is InChI=1S/C22H39NO2S/c1-3-5-6-7-8-9-10-11-12-13-14-15-16-17-18-19-21(24)25-22(26)23-20-4-2/h4,11-12H,2-3,5-10,13-20H2,1H3,(H,23,26)/b12-11-. The fourth-order valence-electron chi connectivity index (χ4n) is 2.69. The molecule has 0 heterocycles. The number of esters is 1. The van der Waals surface area contributed by atoms with Crippen molar-refractivity contribution in [1.29, 1.82) is 0 Å². The highest BCUT2D eigenvalue weighted by Gasteiger charge is 2.05. The fraction of sp³-hybridized carbons (Fsp3) is 0.727. The summed E-state index contributed by atoms with van der Waals surface area (Å²) in [7, 11) is 0. The summed E-state index contributed by atoms with van der Waals surface area (Å²) in [5.41, 5.74) is 0. The predicted molar refractivity (Wildman–Crippen MR) is 116 cm³/mol. The van der Waals surface area contributed by atoms with Crippen molar-refractivity contribution in [3.8, 4) is 0 Å². The normalized spacial score (nSPS) is 10.8. The summed E-state index contributed by atoms with van der Waals surface area (Å²) in [6, 6.07) is 0. The first kappa shape index (κ1) is 24.8. The minimum Gasteiger partial charge on any atom is -0.399 e. The summed E-state index contributed by atoms with van der Waals surface area (Å²) in [5, 5.41) is 2.92. The maximum Gasteiger partial charge on any atom is 0.313 e. The molecule has 1 N–H and O–H groups in total. The van der Waals surface area contributed by atoms with E-state index in [4.69, 9.17) is 17.0 Å². The highest BCUT2D eigenvalue weighted by molar-refractivity contribution is 7.80. The van der Waals surface area contributed by atoms with E-state index in [9.17, 15) is 4.79 Å². The van der Waals surface area contributed by atoms with Crippen LogP contribution in [-0.4, -0.2) is 17.7 Å². The van der Waals surface area contributed by atoms with Crippen LogP contribution in [0.3, 0.4) is 0 Å². The van der Waals surface area contributed by atoms with Crippen LogP contribution in [0.1, 0.15) is 96.8 Å². The number of carbonyl (C=O) groups is 1. The Morgan fingerprint density at radius 2 is 1.46 bits per heavy atom. The minimum atomic E-state index is -0.246. The highest BCUT2D eigenvalue weighted by Crippen LogP contribution is 2.10. The smallest absolute Gasteiger partial charge is 0.313 e. The van der Waals surface area contributed by atoms with Crippen molar-refractivity contribution in [1.82, 2.24) is 5.32 Å². The zero-order chi connectivity index (χ0) is 19.3. The molecule has 0 amide bonds. The molecule has 0 fully saturated rings. The van der Waals surface area contributed by atoms with E-state index in [1.807, 2.05) is 0 Å². The Labute approximate surface area is 166 Å². The van der Waals surface area contributed by atoms with Gasteiger partial charge in [-0.05, 0) is 44.3 Å². The van der Waals surface area contributed by atoms with Gasteiger partial charge >= 0.3 is 5.97 Å². The van der Waals surface area contributed by atoms with E-state index in [-0.39, 0.29) is 11.1 Å². The second-order valence-electron chi connectivity index (χ2n) is 6.77. The largest absolute Gasteiger partial charge is 0.399 e. The molecule has 0 bridgehead atoms. The van der Waals surface area contributed by atoms with Crippen LogP contribution < -0.4 is 5.32 Å². The van der Waals surface area contributed by atoms with Crippen molar-refractivity contribution in [2.24, 2.45) is 0 Å². The molecule has 150 valence electrons. The van der Waals surface area contributed by atoms with Gasteiger partial charge < -0.3 is 10.1 Å². The maximum absolute atomic E-state index is 11.6. The molecule has 0 aliphatic heterocycles. The Morgan fingerprint density at radius 3 is 2.04 bits per heavy atom. The Kier molecular flexibility index (Phi) is 19.3. The second-order valence-corrected chi connectivity index (χ2v) is 7.14. The molecule has 0 atom stereocenters. The highest BCUT2D eigenvalue weighted by atomic mass is 32.1. The van der Waals surface area contributed by atoms with Crippen molar-refractivity contribution < 1.29 is 9.53 Å². The Hall–Kier alpha value is -1.16. The molecule has 0 rings (SSSR count). The lowest BCUT2D eigenvalue weighted by Crippen LogP contribution is -2.26. The molecule has 3 nitrogen and oxygen atoms in total. The van der Waals surface area contributed by atoms with Gasteiger partial charge in [-0.3, -0.25) is 4.79 Å². The van der Waals surface area contributed by atoms with Gasteiger partial charge in [0, 0.05) is 13.0 Å². The molecule has 0 aliphatic rings. The maximum atomic E-state index is 11.6. The quantitative estimate of drug-likeness (QED) is 0.133. The van der Waals surface area contributed by atoms with Crippen molar-refractivity contribution in [3.05, 3.63) is 24.8 Å². The lowest BCUT2D eigenvalue weighted by atomic mass is 10.1. The summed E-state index contributed by atoms with van der Waals surface area (Å²) in [6.07, 6.45) is 23.0. The molecule has 0 aromatic rings. The third kappa shape index (κ3) is 19.2. The summed E-state index contributed by atoms with van der Waals surface area (Å²) in [6.45, 7) is 6.34. The van der Waals surface area contributed by atoms with Crippen LogP contribution in [0.2, 0.25) is 0 Å². The molecular formula is C22H39NO2S. The number of thiocarbonyl (C=S) groups is 1. The zero-order valence-corrected chi connectivity index (χ0v) is 17.6. The van der Waals surface area contributed by atoms with Crippen LogP contribution >= 0.6 is 12.2 Å². The monoisotopic (exact) mass is 381 g/mol. The van der Waals surface area contributed by atoms with Gasteiger partial charge in [-0.1, -0.05) is 76.5 Å². The molecule has 0 unspecified atom stereocenters. The summed E-state index contributed by atoms with van der Waals surface area (Å²) >= 11 is 4.90. The molecule has 0 aromatic heterocycles. The van der Waals surface area contributed by atoms with Gasteiger partial charge in [0.2, 0.25) is 0 Å². The van der Waals surface area contributed by atoms with Gasteiger partial charge in [0.05, 0.1) is 0 Å². The van der Waals surface area contributed by atoms with Gasteiger partial charge in [0.1, 0.15) is 0 Å². The van der Waals surface area contributed by atoms with E-state index in [2.05, 4.69) is 31.0 Å². The van der Waals surface area contributed by atoms with Crippen molar-refractivity contribution in [2.45, 2.75) is 96.8 Å². The Bertz CT molecular complexity index is 394. The number of ether oxygens (including phenoxy) is 1.